The van der Waals surface area contributed by atoms with Crippen molar-refractivity contribution in [3.05, 3.63) is 53.8 Å². The van der Waals surface area contributed by atoms with Crippen molar-refractivity contribution in [2.45, 2.75) is 19.3 Å². The maximum absolute atomic E-state index is 11.8. The van der Waals surface area contributed by atoms with E-state index in [1.165, 1.54) is 0 Å². The normalized spacial score (nSPS) is 13.7. The second-order valence-electron chi connectivity index (χ2n) is 5.69. The lowest BCUT2D eigenvalue weighted by atomic mass is 9.95. The number of rotatable bonds is 3. The van der Waals surface area contributed by atoms with E-state index in [1.54, 1.807) is 13.3 Å². The number of pyridine rings is 1. The first-order valence-electron chi connectivity index (χ1n) is 7.73. The summed E-state index contributed by atoms with van der Waals surface area (Å²) in [5.41, 5.74) is 9.43. The van der Waals surface area contributed by atoms with Crippen LogP contribution in [-0.2, 0) is 12.8 Å². The Morgan fingerprint density at radius 2 is 2.25 bits per heavy atom. The number of methoxy groups -OCH3 is 1. The summed E-state index contributed by atoms with van der Waals surface area (Å²) in [4.78, 5) is 16.2. The van der Waals surface area contributed by atoms with Crippen LogP contribution in [0.25, 0.3) is 16.6 Å². The molecule has 0 spiro atoms. The number of amides is 1. The Bertz CT molecular complexity index is 946. The quantitative estimate of drug-likeness (QED) is 0.801. The molecule has 6 heteroatoms. The minimum absolute atomic E-state index is 0.324. The molecule has 0 saturated heterocycles. The van der Waals surface area contributed by atoms with Gasteiger partial charge in [0.15, 0.2) is 5.69 Å². The Morgan fingerprint density at radius 3 is 3.04 bits per heavy atom. The van der Waals surface area contributed by atoms with E-state index >= 15 is 0 Å². The van der Waals surface area contributed by atoms with E-state index in [-0.39, 0.29) is 0 Å². The third kappa shape index (κ3) is 2.22. The second-order valence-corrected chi connectivity index (χ2v) is 5.69. The lowest BCUT2D eigenvalue weighted by Crippen LogP contribution is -2.15. The Morgan fingerprint density at radius 1 is 1.38 bits per heavy atom. The van der Waals surface area contributed by atoms with Crippen LogP contribution in [0.5, 0.6) is 5.75 Å². The van der Waals surface area contributed by atoms with Gasteiger partial charge in [-0.3, -0.25) is 9.78 Å². The zero-order valence-electron chi connectivity index (χ0n) is 13.2. The molecule has 0 saturated carbocycles. The first kappa shape index (κ1) is 14.7. The summed E-state index contributed by atoms with van der Waals surface area (Å²) in [7, 11) is 1.63. The lowest BCUT2D eigenvalue weighted by Gasteiger charge is -2.15. The Kier molecular flexibility index (Phi) is 3.45. The van der Waals surface area contributed by atoms with Crippen molar-refractivity contribution in [2.75, 3.05) is 7.11 Å². The average Bonchev–Trinajstić information content (AvgIpc) is 3.00. The largest absolute Gasteiger partial charge is 0.497 e. The van der Waals surface area contributed by atoms with Crippen molar-refractivity contribution in [3.8, 4) is 11.4 Å². The van der Waals surface area contributed by atoms with Gasteiger partial charge in [-0.2, -0.15) is 5.10 Å². The van der Waals surface area contributed by atoms with E-state index in [9.17, 15) is 4.79 Å². The fourth-order valence-electron chi connectivity index (χ4n) is 3.17. The van der Waals surface area contributed by atoms with Crippen LogP contribution in [0.2, 0.25) is 0 Å². The third-order valence-corrected chi connectivity index (χ3v) is 4.32. The van der Waals surface area contributed by atoms with E-state index in [0.29, 0.717) is 12.1 Å². The summed E-state index contributed by atoms with van der Waals surface area (Å²) < 4.78 is 7.15. The molecular weight excluding hydrogens is 304 g/mol. The monoisotopic (exact) mass is 320 g/mol. The number of ether oxygens (including phenoxy) is 1. The SMILES string of the molecule is COc1ccc2nccc(-n3nc(C(N)=O)c4c3CC[C]C4)c2c1. The van der Waals surface area contributed by atoms with Crippen molar-refractivity contribution in [1.82, 2.24) is 14.8 Å². The molecule has 1 amide bonds. The van der Waals surface area contributed by atoms with Gasteiger partial charge in [-0.15, -0.1) is 0 Å². The number of fused-ring (bicyclic) bond motifs is 2. The standard InChI is InChI=1S/C18H16N4O2/c1-24-11-6-7-14-13(10-11)16(8-9-20-14)22-15-5-3-2-4-12(15)17(21-22)18(19)23/h6-10H,3-5H2,1H3,(H2,19,23). The smallest absolute Gasteiger partial charge is 0.269 e. The second kappa shape index (κ2) is 5.63. The van der Waals surface area contributed by atoms with Crippen LogP contribution in [0.3, 0.4) is 0 Å². The summed E-state index contributed by atoms with van der Waals surface area (Å²) in [6.07, 6.45) is 7.22. The molecule has 120 valence electrons. The third-order valence-electron chi connectivity index (χ3n) is 4.32. The molecule has 0 fully saturated rings. The molecule has 1 aromatic carbocycles. The van der Waals surface area contributed by atoms with Gasteiger partial charge in [0.2, 0.25) is 0 Å². The van der Waals surface area contributed by atoms with E-state index < -0.39 is 5.91 Å². The van der Waals surface area contributed by atoms with Crippen molar-refractivity contribution in [1.29, 1.82) is 0 Å². The topological polar surface area (TPSA) is 83.0 Å². The van der Waals surface area contributed by atoms with Crippen LogP contribution in [0, 0.1) is 6.42 Å². The molecule has 4 rings (SSSR count). The van der Waals surface area contributed by atoms with Gasteiger partial charge in [-0.25, -0.2) is 4.68 Å². The van der Waals surface area contributed by atoms with E-state index in [0.717, 1.165) is 46.4 Å². The highest BCUT2D eigenvalue weighted by Gasteiger charge is 2.25. The summed E-state index contributed by atoms with van der Waals surface area (Å²) in [5, 5.41) is 5.41. The summed E-state index contributed by atoms with van der Waals surface area (Å²) in [5.74, 6) is 0.235. The number of nitrogens with zero attached hydrogens (tertiary/aromatic N) is 3. The van der Waals surface area contributed by atoms with Gasteiger partial charge in [0, 0.05) is 22.8 Å². The van der Waals surface area contributed by atoms with Crippen LogP contribution < -0.4 is 10.5 Å². The minimum atomic E-state index is -0.510. The lowest BCUT2D eigenvalue weighted by molar-refractivity contribution is 0.0994. The number of hydrogen-bond donors (Lipinski definition) is 1. The predicted molar refractivity (Wildman–Crippen MR) is 89.2 cm³/mol. The number of carbonyl (C=O) groups is 1. The maximum atomic E-state index is 11.8. The highest BCUT2D eigenvalue weighted by atomic mass is 16.5. The number of aromatic nitrogens is 3. The van der Waals surface area contributed by atoms with E-state index in [1.807, 2.05) is 28.9 Å². The molecule has 0 aliphatic heterocycles. The number of hydrogen-bond acceptors (Lipinski definition) is 4. The van der Waals surface area contributed by atoms with Crippen molar-refractivity contribution in [2.24, 2.45) is 5.73 Å². The molecule has 2 heterocycles. The fraction of sp³-hybridized carbons (Fsp3) is 0.222. The Hall–Kier alpha value is -2.89. The Balaban J connectivity index is 1.99. The molecule has 2 aromatic heterocycles. The minimum Gasteiger partial charge on any atom is -0.497 e. The summed E-state index contributed by atoms with van der Waals surface area (Å²) >= 11 is 0. The van der Waals surface area contributed by atoms with Crippen molar-refractivity contribution in [3.63, 3.8) is 0 Å². The van der Waals surface area contributed by atoms with Crippen LogP contribution in [0.15, 0.2) is 30.5 Å². The summed E-state index contributed by atoms with van der Waals surface area (Å²) in [6.45, 7) is 0. The number of carbonyl (C=O) groups excluding carboxylic acids is 1. The molecule has 3 aromatic rings. The van der Waals surface area contributed by atoms with E-state index in [2.05, 4.69) is 16.5 Å². The van der Waals surface area contributed by atoms with Crippen molar-refractivity contribution >= 4 is 16.8 Å². The molecule has 0 unspecified atom stereocenters. The first-order chi connectivity index (χ1) is 11.7. The molecule has 0 atom stereocenters. The summed E-state index contributed by atoms with van der Waals surface area (Å²) in [6, 6.07) is 7.60. The van der Waals surface area contributed by atoms with E-state index in [4.69, 9.17) is 10.5 Å². The van der Waals surface area contributed by atoms with Gasteiger partial charge in [0.25, 0.3) is 5.91 Å². The molecule has 2 radical (unpaired) electrons. The van der Waals surface area contributed by atoms with Gasteiger partial charge < -0.3 is 10.5 Å². The zero-order valence-corrected chi connectivity index (χ0v) is 13.2. The highest BCUT2D eigenvalue weighted by molar-refractivity contribution is 5.93. The van der Waals surface area contributed by atoms with Gasteiger partial charge in [0.05, 0.1) is 18.3 Å². The molecule has 2 N–H and O–H groups in total. The van der Waals surface area contributed by atoms with Gasteiger partial charge in [0.1, 0.15) is 5.75 Å². The number of primary amides is 1. The molecule has 24 heavy (non-hydrogen) atoms. The first-order valence-corrected chi connectivity index (χ1v) is 7.73. The average molecular weight is 320 g/mol. The van der Waals surface area contributed by atoms with Crippen LogP contribution in [0.1, 0.15) is 28.2 Å². The van der Waals surface area contributed by atoms with Crippen LogP contribution in [0.4, 0.5) is 0 Å². The maximum Gasteiger partial charge on any atom is 0.269 e. The Labute approximate surface area is 139 Å². The van der Waals surface area contributed by atoms with Crippen LogP contribution in [-0.4, -0.2) is 27.8 Å². The molecule has 6 nitrogen and oxygen atoms in total. The molecular formula is C18H16N4O2. The molecule has 0 bridgehead atoms. The van der Waals surface area contributed by atoms with Gasteiger partial charge in [-0.05, 0) is 49.9 Å². The van der Waals surface area contributed by atoms with Crippen LogP contribution >= 0.6 is 0 Å². The predicted octanol–water partition coefficient (Wildman–Crippen LogP) is 2.10. The van der Waals surface area contributed by atoms with Crippen molar-refractivity contribution < 1.29 is 9.53 Å². The number of benzene rings is 1. The fourth-order valence-corrected chi connectivity index (χ4v) is 3.17. The number of nitrogens with two attached hydrogens (primary N) is 1. The zero-order chi connectivity index (χ0) is 16.7. The highest BCUT2D eigenvalue weighted by Crippen LogP contribution is 2.30. The molecule has 1 aliphatic carbocycles. The van der Waals surface area contributed by atoms with Gasteiger partial charge >= 0.3 is 0 Å². The van der Waals surface area contributed by atoms with Gasteiger partial charge in [-0.1, -0.05) is 0 Å². The molecule has 1 aliphatic rings.